The Morgan fingerprint density at radius 2 is 1.55 bits per heavy atom. The summed E-state index contributed by atoms with van der Waals surface area (Å²) in [5, 5.41) is 9.08. The Balaban J connectivity index is 2.48. The van der Waals surface area contributed by atoms with Crippen molar-refractivity contribution in [1.29, 1.82) is 5.26 Å². The van der Waals surface area contributed by atoms with Gasteiger partial charge in [0.05, 0.1) is 37.9 Å². The van der Waals surface area contributed by atoms with Crippen LogP contribution >= 0.6 is 0 Å². The van der Waals surface area contributed by atoms with Crippen molar-refractivity contribution in [2.24, 2.45) is 0 Å². The number of nitrogens with zero attached hydrogens (tertiary/aromatic N) is 1. The minimum atomic E-state index is -0.534. The normalized spacial score (nSPS) is 18.9. The van der Waals surface area contributed by atoms with Crippen LogP contribution in [0.15, 0.2) is 12.1 Å². The second-order valence-electron chi connectivity index (χ2n) is 6.33. The number of rotatable bonds is 4. The molecule has 118 valence electrons. The molecule has 0 amide bonds. The van der Waals surface area contributed by atoms with E-state index in [4.69, 9.17) is 24.0 Å². The fraction of sp³-hybridized carbons (Fsp3) is 0.562. The first-order valence-corrected chi connectivity index (χ1v) is 7.23. The lowest BCUT2D eigenvalue weighted by atomic mass is 9.75. The monoisotopic (exact) mass is 303 g/mol. The first-order valence-electron chi connectivity index (χ1n) is 7.23. The van der Waals surface area contributed by atoms with E-state index in [2.05, 4.69) is 6.07 Å². The summed E-state index contributed by atoms with van der Waals surface area (Å²) in [6.45, 7) is 7.99. The van der Waals surface area contributed by atoms with E-state index in [9.17, 15) is 0 Å². The van der Waals surface area contributed by atoms with Gasteiger partial charge in [-0.1, -0.05) is 0 Å². The van der Waals surface area contributed by atoms with Crippen molar-refractivity contribution in [3.05, 3.63) is 17.7 Å². The van der Waals surface area contributed by atoms with Crippen LogP contribution in [-0.4, -0.2) is 32.5 Å². The molecular weight excluding hydrogens is 281 g/mol. The molecule has 1 aromatic rings. The third-order valence-electron chi connectivity index (χ3n) is 4.42. The van der Waals surface area contributed by atoms with Crippen LogP contribution in [0.25, 0.3) is 0 Å². The Kier molecular flexibility index (Phi) is 4.41. The van der Waals surface area contributed by atoms with Gasteiger partial charge in [0, 0.05) is 0 Å². The molecule has 2 rings (SSSR count). The van der Waals surface area contributed by atoms with Gasteiger partial charge in [-0.05, 0) is 50.9 Å². The number of nitriles is 1. The van der Waals surface area contributed by atoms with Gasteiger partial charge in [0.2, 0.25) is 0 Å². The van der Waals surface area contributed by atoms with E-state index in [-0.39, 0.29) is 6.42 Å². The van der Waals surface area contributed by atoms with Gasteiger partial charge in [-0.3, -0.25) is 0 Å². The molecular formula is C16H22BNO4. The summed E-state index contributed by atoms with van der Waals surface area (Å²) in [4.78, 5) is 0. The molecule has 1 saturated heterocycles. The van der Waals surface area contributed by atoms with E-state index < -0.39 is 18.3 Å². The molecule has 1 fully saturated rings. The maximum absolute atomic E-state index is 9.08. The standard InChI is InChI=1S/C16H22BNO4/c1-15(2)16(3,4)22-17(21-15)12-10-14(20-6)13(19-5)9-11(12)7-8-18/h9-10H,7H2,1-6H3. The minimum Gasteiger partial charge on any atom is -0.493 e. The topological polar surface area (TPSA) is 60.7 Å². The highest BCUT2D eigenvalue weighted by atomic mass is 16.7. The Morgan fingerprint density at radius 3 is 2.00 bits per heavy atom. The zero-order valence-electron chi connectivity index (χ0n) is 14.0. The SMILES string of the molecule is COc1cc(CC#N)c(B2OC(C)(C)C(C)(C)O2)cc1OC. The predicted molar refractivity (Wildman–Crippen MR) is 84.6 cm³/mol. The third-order valence-corrected chi connectivity index (χ3v) is 4.42. The molecule has 0 spiro atoms. The number of hydrogen-bond acceptors (Lipinski definition) is 5. The van der Waals surface area contributed by atoms with Crippen molar-refractivity contribution in [1.82, 2.24) is 0 Å². The first kappa shape index (κ1) is 16.7. The van der Waals surface area contributed by atoms with Crippen molar-refractivity contribution < 1.29 is 18.8 Å². The van der Waals surface area contributed by atoms with Crippen LogP contribution in [0.2, 0.25) is 0 Å². The molecule has 5 nitrogen and oxygen atoms in total. The third kappa shape index (κ3) is 2.79. The molecule has 1 heterocycles. The van der Waals surface area contributed by atoms with Gasteiger partial charge in [0.25, 0.3) is 0 Å². The van der Waals surface area contributed by atoms with E-state index in [1.165, 1.54) is 0 Å². The lowest BCUT2D eigenvalue weighted by molar-refractivity contribution is 0.00578. The first-order chi connectivity index (χ1) is 10.3. The van der Waals surface area contributed by atoms with E-state index in [1.54, 1.807) is 14.2 Å². The fourth-order valence-electron chi connectivity index (χ4n) is 2.36. The number of hydrogen-bond donors (Lipinski definition) is 0. The van der Waals surface area contributed by atoms with Gasteiger partial charge in [0.1, 0.15) is 0 Å². The molecule has 1 aliphatic rings. The molecule has 0 aliphatic carbocycles. The van der Waals surface area contributed by atoms with Crippen molar-refractivity contribution in [2.45, 2.75) is 45.3 Å². The van der Waals surface area contributed by atoms with Crippen LogP contribution in [0, 0.1) is 11.3 Å². The van der Waals surface area contributed by atoms with E-state index in [0.717, 1.165) is 11.0 Å². The molecule has 0 radical (unpaired) electrons. The van der Waals surface area contributed by atoms with E-state index >= 15 is 0 Å². The lowest BCUT2D eigenvalue weighted by Crippen LogP contribution is -2.41. The molecule has 0 aromatic heterocycles. The average molecular weight is 303 g/mol. The summed E-state index contributed by atoms with van der Waals surface area (Å²) in [5.74, 6) is 1.18. The van der Waals surface area contributed by atoms with Gasteiger partial charge in [-0.25, -0.2) is 0 Å². The average Bonchev–Trinajstić information content (AvgIpc) is 2.67. The highest BCUT2D eigenvalue weighted by molar-refractivity contribution is 6.62. The number of methoxy groups -OCH3 is 2. The second kappa shape index (κ2) is 5.83. The second-order valence-corrected chi connectivity index (χ2v) is 6.33. The highest BCUT2D eigenvalue weighted by Crippen LogP contribution is 2.37. The molecule has 0 saturated carbocycles. The molecule has 0 unspecified atom stereocenters. The summed E-state index contributed by atoms with van der Waals surface area (Å²) in [6, 6.07) is 5.81. The zero-order chi connectivity index (χ0) is 16.5. The van der Waals surface area contributed by atoms with Crippen LogP contribution in [0.4, 0.5) is 0 Å². The summed E-state index contributed by atoms with van der Waals surface area (Å²) in [7, 11) is 2.62. The molecule has 1 aliphatic heterocycles. The molecule has 0 bridgehead atoms. The van der Waals surface area contributed by atoms with Crippen LogP contribution < -0.4 is 14.9 Å². The van der Waals surface area contributed by atoms with Crippen LogP contribution in [0.1, 0.15) is 33.3 Å². The smallest absolute Gasteiger partial charge is 0.493 e. The van der Waals surface area contributed by atoms with E-state index in [0.29, 0.717) is 11.5 Å². The van der Waals surface area contributed by atoms with Gasteiger partial charge < -0.3 is 18.8 Å². The molecule has 1 aromatic carbocycles. The molecule has 6 heteroatoms. The lowest BCUT2D eigenvalue weighted by Gasteiger charge is -2.32. The zero-order valence-corrected chi connectivity index (χ0v) is 14.0. The maximum atomic E-state index is 9.08. The van der Waals surface area contributed by atoms with Crippen LogP contribution in [-0.2, 0) is 15.7 Å². The summed E-state index contributed by atoms with van der Waals surface area (Å²) in [6.07, 6.45) is 0.250. The maximum Gasteiger partial charge on any atom is 0.495 e. The van der Waals surface area contributed by atoms with Gasteiger partial charge >= 0.3 is 7.12 Å². The number of ether oxygens (including phenoxy) is 2. The largest absolute Gasteiger partial charge is 0.495 e. The van der Waals surface area contributed by atoms with Crippen molar-refractivity contribution in [3.63, 3.8) is 0 Å². The van der Waals surface area contributed by atoms with Crippen LogP contribution in [0.5, 0.6) is 11.5 Å². The van der Waals surface area contributed by atoms with Crippen LogP contribution in [0.3, 0.4) is 0 Å². The van der Waals surface area contributed by atoms with Gasteiger partial charge in [-0.15, -0.1) is 0 Å². The summed E-state index contributed by atoms with van der Waals surface area (Å²) >= 11 is 0. The quantitative estimate of drug-likeness (QED) is 0.797. The summed E-state index contributed by atoms with van der Waals surface area (Å²) < 4.78 is 22.8. The Morgan fingerprint density at radius 1 is 1.05 bits per heavy atom. The van der Waals surface area contributed by atoms with Crippen molar-refractivity contribution in [2.75, 3.05) is 14.2 Å². The van der Waals surface area contributed by atoms with E-state index in [1.807, 2.05) is 39.8 Å². The van der Waals surface area contributed by atoms with Crippen molar-refractivity contribution >= 4 is 12.6 Å². The fourth-order valence-corrected chi connectivity index (χ4v) is 2.36. The Bertz CT molecular complexity index is 591. The Hall–Kier alpha value is -1.71. The molecule has 0 atom stereocenters. The molecule has 22 heavy (non-hydrogen) atoms. The Labute approximate surface area is 132 Å². The summed E-state index contributed by atoms with van der Waals surface area (Å²) in [5.41, 5.74) is 0.750. The predicted octanol–water partition coefficient (Wildman–Crippen LogP) is 2.07. The minimum absolute atomic E-state index is 0.250. The highest BCUT2D eigenvalue weighted by Gasteiger charge is 2.52. The van der Waals surface area contributed by atoms with Crippen molar-refractivity contribution in [3.8, 4) is 17.6 Å². The number of benzene rings is 1. The van der Waals surface area contributed by atoms with Gasteiger partial charge in [-0.2, -0.15) is 5.26 Å². The molecule has 0 N–H and O–H groups in total. The van der Waals surface area contributed by atoms with Gasteiger partial charge in [0.15, 0.2) is 11.5 Å².